The van der Waals surface area contributed by atoms with Crippen LogP contribution >= 0.6 is 0 Å². The topological polar surface area (TPSA) is 119 Å². The predicted molar refractivity (Wildman–Crippen MR) is 114 cm³/mol. The second-order valence-corrected chi connectivity index (χ2v) is 7.38. The third-order valence-electron chi connectivity index (χ3n) is 5.50. The molecule has 0 saturated heterocycles. The Kier molecular flexibility index (Phi) is 4.55. The molecule has 2 aromatic carbocycles. The number of pyridine rings is 1. The van der Waals surface area contributed by atoms with Gasteiger partial charge in [0.1, 0.15) is 28.2 Å². The lowest BCUT2D eigenvalue weighted by Gasteiger charge is -2.26. The molecule has 8 nitrogen and oxygen atoms in total. The first-order valence-electron chi connectivity index (χ1n) is 9.78. The van der Waals surface area contributed by atoms with Gasteiger partial charge in [0.05, 0.1) is 13.5 Å². The normalized spacial score (nSPS) is 15.3. The average molecular weight is 431 g/mol. The van der Waals surface area contributed by atoms with Gasteiger partial charge in [0.25, 0.3) is 0 Å². The number of rotatable bonds is 3. The number of carbonyl (C=O) groups excluding carboxylic acids is 1. The number of phenolic OH excluding ortho intramolecular Hbond substituents is 2. The van der Waals surface area contributed by atoms with Gasteiger partial charge in [0.15, 0.2) is 16.9 Å². The first kappa shape index (κ1) is 19.6. The number of ether oxygens (including phenoxy) is 2. The summed E-state index contributed by atoms with van der Waals surface area (Å²) in [7, 11) is 1.43. The van der Waals surface area contributed by atoms with E-state index in [4.69, 9.17) is 13.9 Å². The summed E-state index contributed by atoms with van der Waals surface area (Å²) in [6.07, 6.45) is 3.26. The van der Waals surface area contributed by atoms with E-state index >= 15 is 0 Å². The average Bonchev–Trinajstić information content (AvgIpc) is 2.78. The lowest BCUT2D eigenvalue weighted by Crippen LogP contribution is -2.22. The van der Waals surface area contributed by atoms with E-state index in [1.54, 1.807) is 36.7 Å². The molecule has 0 spiro atoms. The monoisotopic (exact) mass is 431 g/mol. The molecule has 2 aromatic heterocycles. The second-order valence-electron chi connectivity index (χ2n) is 7.38. The van der Waals surface area contributed by atoms with Crippen LogP contribution < -0.4 is 14.9 Å². The van der Waals surface area contributed by atoms with Crippen molar-refractivity contribution < 1.29 is 28.9 Å². The zero-order valence-electron chi connectivity index (χ0n) is 16.9. The van der Waals surface area contributed by atoms with Gasteiger partial charge in [0.2, 0.25) is 0 Å². The van der Waals surface area contributed by atoms with Gasteiger partial charge in [-0.2, -0.15) is 0 Å². The summed E-state index contributed by atoms with van der Waals surface area (Å²) < 4.78 is 16.5. The third kappa shape index (κ3) is 3.13. The van der Waals surface area contributed by atoms with Crippen molar-refractivity contribution in [2.75, 3.05) is 7.11 Å². The number of hydrogen-bond donors (Lipinski definition) is 2. The van der Waals surface area contributed by atoms with Crippen LogP contribution in [0.5, 0.6) is 23.0 Å². The number of nitrogens with zero attached hydrogens (tertiary/aromatic N) is 1. The van der Waals surface area contributed by atoms with Gasteiger partial charge in [-0.05, 0) is 35.9 Å². The van der Waals surface area contributed by atoms with Crippen LogP contribution in [0, 0.1) is 0 Å². The molecule has 0 radical (unpaired) electrons. The molecule has 1 aliphatic heterocycles. The quantitative estimate of drug-likeness (QED) is 0.372. The summed E-state index contributed by atoms with van der Waals surface area (Å²) in [5, 5.41) is 20.6. The van der Waals surface area contributed by atoms with Crippen molar-refractivity contribution in [2.45, 2.75) is 12.3 Å². The molecule has 4 aromatic rings. The number of fused-ring (bicyclic) bond motifs is 3. The molecule has 0 unspecified atom stereocenters. The van der Waals surface area contributed by atoms with Crippen LogP contribution in [0.15, 0.2) is 64.1 Å². The summed E-state index contributed by atoms with van der Waals surface area (Å²) in [6.45, 7) is 0. The molecule has 0 bridgehead atoms. The van der Waals surface area contributed by atoms with Gasteiger partial charge in [-0.1, -0.05) is 0 Å². The third-order valence-corrected chi connectivity index (χ3v) is 5.50. The molecule has 1 atom stereocenters. The molecule has 160 valence electrons. The largest absolute Gasteiger partial charge is 0.507 e. The van der Waals surface area contributed by atoms with Crippen molar-refractivity contribution in [3.05, 3.63) is 76.2 Å². The summed E-state index contributed by atoms with van der Waals surface area (Å²) in [6, 6.07) is 10.7. The number of methoxy groups -OCH3 is 1. The highest BCUT2D eigenvalue weighted by Gasteiger charge is 2.33. The number of aromatic nitrogens is 1. The van der Waals surface area contributed by atoms with Crippen molar-refractivity contribution in [3.63, 3.8) is 0 Å². The minimum atomic E-state index is -0.470. The lowest BCUT2D eigenvalue weighted by atomic mass is 9.85. The zero-order valence-corrected chi connectivity index (χ0v) is 16.9. The molecule has 3 heterocycles. The van der Waals surface area contributed by atoms with Crippen LogP contribution in [0.25, 0.3) is 22.3 Å². The molecular formula is C24H17NO7. The van der Waals surface area contributed by atoms with Gasteiger partial charge in [-0.25, -0.2) is 0 Å². The minimum absolute atomic E-state index is 0.0118. The lowest BCUT2D eigenvalue weighted by molar-refractivity contribution is -0.135. The van der Waals surface area contributed by atoms with Gasteiger partial charge in [-0.3, -0.25) is 14.6 Å². The van der Waals surface area contributed by atoms with E-state index in [1.165, 1.54) is 25.3 Å². The zero-order chi connectivity index (χ0) is 22.4. The molecule has 0 saturated carbocycles. The number of benzene rings is 2. The Morgan fingerprint density at radius 2 is 1.81 bits per heavy atom. The molecule has 0 aliphatic carbocycles. The molecule has 5 rings (SSSR count). The van der Waals surface area contributed by atoms with E-state index < -0.39 is 17.3 Å². The van der Waals surface area contributed by atoms with Crippen LogP contribution in [0.4, 0.5) is 0 Å². The van der Waals surface area contributed by atoms with E-state index in [1.807, 2.05) is 0 Å². The Bertz CT molecular complexity index is 1430. The van der Waals surface area contributed by atoms with E-state index in [0.717, 1.165) is 5.56 Å². The summed E-state index contributed by atoms with van der Waals surface area (Å²) in [5.41, 5.74) is 1.36. The van der Waals surface area contributed by atoms with Gasteiger partial charge < -0.3 is 24.1 Å². The Morgan fingerprint density at radius 3 is 2.53 bits per heavy atom. The van der Waals surface area contributed by atoms with Crippen molar-refractivity contribution in [2.24, 2.45) is 0 Å². The van der Waals surface area contributed by atoms with Gasteiger partial charge >= 0.3 is 5.97 Å². The van der Waals surface area contributed by atoms with Gasteiger partial charge in [0, 0.05) is 41.6 Å². The predicted octanol–water partition coefficient (Wildman–Crippen LogP) is 3.72. The highest BCUT2D eigenvalue weighted by molar-refractivity contribution is 5.93. The number of carbonyl (C=O) groups is 1. The van der Waals surface area contributed by atoms with E-state index in [9.17, 15) is 19.8 Å². The summed E-state index contributed by atoms with van der Waals surface area (Å²) >= 11 is 0. The first-order chi connectivity index (χ1) is 15.5. The Hall–Kier alpha value is -4.33. The number of hydrogen-bond acceptors (Lipinski definition) is 8. The number of esters is 1. The maximum atomic E-state index is 13.0. The fourth-order valence-electron chi connectivity index (χ4n) is 4.02. The van der Waals surface area contributed by atoms with Gasteiger partial charge in [-0.15, -0.1) is 0 Å². The maximum absolute atomic E-state index is 13.0. The Morgan fingerprint density at radius 1 is 1.03 bits per heavy atom. The Balaban J connectivity index is 1.80. The van der Waals surface area contributed by atoms with Crippen LogP contribution in [0.1, 0.15) is 23.5 Å². The van der Waals surface area contributed by atoms with E-state index in [-0.39, 0.29) is 46.1 Å². The fourth-order valence-corrected chi connectivity index (χ4v) is 4.02. The van der Waals surface area contributed by atoms with Crippen molar-refractivity contribution in [1.82, 2.24) is 4.98 Å². The summed E-state index contributed by atoms with van der Waals surface area (Å²) in [5.74, 6) is -0.799. The molecular weight excluding hydrogens is 414 g/mol. The maximum Gasteiger partial charge on any atom is 0.312 e. The second kappa shape index (κ2) is 7.42. The van der Waals surface area contributed by atoms with Crippen molar-refractivity contribution >= 4 is 16.9 Å². The number of phenols is 2. The van der Waals surface area contributed by atoms with Crippen LogP contribution in [-0.4, -0.2) is 28.3 Å². The van der Waals surface area contributed by atoms with Crippen LogP contribution in [-0.2, 0) is 4.79 Å². The van der Waals surface area contributed by atoms with Crippen LogP contribution in [0.3, 0.4) is 0 Å². The fraction of sp³-hybridized carbons (Fsp3) is 0.125. The summed E-state index contributed by atoms with van der Waals surface area (Å²) in [4.78, 5) is 29.2. The first-order valence-corrected chi connectivity index (χ1v) is 9.78. The molecule has 1 aliphatic rings. The Labute approximate surface area is 181 Å². The molecule has 2 N–H and O–H groups in total. The molecule has 0 fully saturated rings. The smallest absolute Gasteiger partial charge is 0.312 e. The molecule has 0 amide bonds. The van der Waals surface area contributed by atoms with Crippen LogP contribution in [0.2, 0.25) is 0 Å². The minimum Gasteiger partial charge on any atom is -0.507 e. The molecule has 8 heteroatoms. The highest BCUT2D eigenvalue weighted by Crippen LogP contribution is 2.46. The highest BCUT2D eigenvalue weighted by atomic mass is 16.5. The standard InChI is InChI=1S/C24H17NO7/c1-30-18-3-2-13(8-15(18)26)19-10-16(27)23-17(28)11-20-22(24(23)32-19)14(9-21(29)31-20)12-4-6-25-7-5-12/h2-8,10-11,14,26,28H,9H2,1H3/t14-/m0/s1. The van der Waals surface area contributed by atoms with E-state index in [0.29, 0.717) is 11.1 Å². The van der Waals surface area contributed by atoms with E-state index in [2.05, 4.69) is 4.98 Å². The van der Waals surface area contributed by atoms with Crippen molar-refractivity contribution in [1.29, 1.82) is 0 Å². The van der Waals surface area contributed by atoms with Crippen molar-refractivity contribution in [3.8, 4) is 34.3 Å². The number of aromatic hydroxyl groups is 2. The molecule has 32 heavy (non-hydrogen) atoms. The SMILES string of the molecule is COc1ccc(-c2cc(=O)c3c(O)cc4c(c3o2)[C@H](c2ccncc2)CC(=O)O4)cc1O.